The topological polar surface area (TPSA) is 77.2 Å². The van der Waals surface area contributed by atoms with Crippen molar-refractivity contribution in [3.05, 3.63) is 79.3 Å². The van der Waals surface area contributed by atoms with Crippen LogP contribution in [0.2, 0.25) is 0 Å². The SMILES string of the molecule is C=C(OC=CC)C(=O)Nc1ccc(-c2nnc(-c3ccccc3)o2)cc1. The van der Waals surface area contributed by atoms with Gasteiger partial charge < -0.3 is 14.5 Å². The van der Waals surface area contributed by atoms with Crippen molar-refractivity contribution in [2.45, 2.75) is 6.92 Å². The molecule has 1 aromatic heterocycles. The predicted octanol–water partition coefficient (Wildman–Crippen LogP) is 4.41. The number of nitrogens with zero attached hydrogens (tertiary/aromatic N) is 2. The van der Waals surface area contributed by atoms with Gasteiger partial charge in [-0.1, -0.05) is 30.9 Å². The van der Waals surface area contributed by atoms with Crippen molar-refractivity contribution < 1.29 is 13.9 Å². The van der Waals surface area contributed by atoms with Gasteiger partial charge in [0, 0.05) is 16.8 Å². The highest BCUT2D eigenvalue weighted by molar-refractivity contribution is 6.01. The number of benzene rings is 2. The summed E-state index contributed by atoms with van der Waals surface area (Å²) in [6, 6.07) is 16.6. The van der Waals surface area contributed by atoms with Crippen molar-refractivity contribution in [3.8, 4) is 22.9 Å². The summed E-state index contributed by atoms with van der Waals surface area (Å²) < 4.78 is 10.8. The first-order valence-corrected chi connectivity index (χ1v) is 7.95. The number of anilines is 1. The molecule has 1 amide bonds. The first-order chi connectivity index (χ1) is 12.7. The summed E-state index contributed by atoms with van der Waals surface area (Å²) in [5.41, 5.74) is 2.21. The van der Waals surface area contributed by atoms with Gasteiger partial charge in [-0.25, -0.2) is 0 Å². The van der Waals surface area contributed by atoms with Gasteiger partial charge in [-0.15, -0.1) is 10.2 Å². The second-order valence-corrected chi connectivity index (χ2v) is 5.32. The van der Waals surface area contributed by atoms with Crippen LogP contribution in [0, 0.1) is 0 Å². The largest absolute Gasteiger partial charge is 0.460 e. The molecular formula is C20H17N3O3. The van der Waals surface area contributed by atoms with Crippen molar-refractivity contribution in [2.24, 2.45) is 0 Å². The first kappa shape index (κ1) is 17.2. The highest BCUT2D eigenvalue weighted by Gasteiger charge is 2.11. The lowest BCUT2D eigenvalue weighted by Gasteiger charge is -2.07. The van der Waals surface area contributed by atoms with E-state index in [-0.39, 0.29) is 5.76 Å². The molecule has 0 atom stereocenters. The molecule has 3 aromatic rings. The number of allylic oxidation sites excluding steroid dienone is 1. The average Bonchev–Trinajstić information content (AvgIpc) is 3.17. The molecule has 1 heterocycles. The number of carbonyl (C=O) groups excluding carboxylic acids is 1. The molecule has 0 aliphatic carbocycles. The second kappa shape index (κ2) is 7.94. The summed E-state index contributed by atoms with van der Waals surface area (Å²) in [4.78, 5) is 11.9. The highest BCUT2D eigenvalue weighted by atomic mass is 16.5. The lowest BCUT2D eigenvalue weighted by atomic mass is 10.2. The van der Waals surface area contributed by atoms with Crippen molar-refractivity contribution in [1.82, 2.24) is 10.2 Å². The molecule has 130 valence electrons. The zero-order valence-corrected chi connectivity index (χ0v) is 14.2. The summed E-state index contributed by atoms with van der Waals surface area (Å²) in [6.45, 7) is 5.35. The third kappa shape index (κ3) is 4.05. The fraction of sp³-hybridized carbons (Fsp3) is 0.0500. The van der Waals surface area contributed by atoms with Crippen LogP contribution in [0.15, 0.2) is 83.7 Å². The predicted molar refractivity (Wildman–Crippen MR) is 98.8 cm³/mol. The van der Waals surface area contributed by atoms with Crippen LogP contribution in [0.25, 0.3) is 22.9 Å². The van der Waals surface area contributed by atoms with Crippen molar-refractivity contribution in [3.63, 3.8) is 0 Å². The van der Waals surface area contributed by atoms with Crippen molar-refractivity contribution >= 4 is 11.6 Å². The lowest BCUT2D eigenvalue weighted by molar-refractivity contribution is -0.115. The highest BCUT2D eigenvalue weighted by Crippen LogP contribution is 2.24. The van der Waals surface area contributed by atoms with E-state index in [1.165, 1.54) is 6.26 Å². The summed E-state index contributed by atoms with van der Waals surface area (Å²) in [7, 11) is 0. The Balaban J connectivity index is 1.69. The van der Waals surface area contributed by atoms with Crippen LogP contribution in [0.3, 0.4) is 0 Å². The molecule has 0 aliphatic heterocycles. The zero-order valence-electron chi connectivity index (χ0n) is 14.2. The monoisotopic (exact) mass is 347 g/mol. The van der Waals surface area contributed by atoms with Gasteiger partial charge in [-0.2, -0.15) is 0 Å². The lowest BCUT2D eigenvalue weighted by Crippen LogP contribution is -2.14. The van der Waals surface area contributed by atoms with Gasteiger partial charge in [0.05, 0.1) is 6.26 Å². The normalized spacial score (nSPS) is 10.7. The minimum Gasteiger partial charge on any atom is -0.460 e. The molecule has 0 saturated heterocycles. The van der Waals surface area contributed by atoms with Gasteiger partial charge in [-0.05, 0) is 43.3 Å². The third-order valence-corrected chi connectivity index (χ3v) is 3.44. The Labute approximate surface area is 150 Å². The standard InChI is InChI=1S/C20H17N3O3/c1-3-13-25-14(2)18(24)21-17-11-9-16(10-12-17)20-23-22-19(26-20)15-7-5-4-6-8-15/h3-13H,2H2,1H3,(H,21,24). The maximum absolute atomic E-state index is 11.9. The molecule has 0 saturated carbocycles. The van der Waals surface area contributed by atoms with E-state index >= 15 is 0 Å². The Morgan fingerprint density at radius 3 is 2.27 bits per heavy atom. The molecule has 0 bridgehead atoms. The van der Waals surface area contributed by atoms with Crippen LogP contribution in [0.5, 0.6) is 0 Å². The Hall–Kier alpha value is -3.67. The molecule has 0 spiro atoms. The molecule has 26 heavy (non-hydrogen) atoms. The van der Waals surface area contributed by atoms with E-state index in [4.69, 9.17) is 9.15 Å². The van der Waals surface area contributed by atoms with Crippen LogP contribution in [-0.2, 0) is 9.53 Å². The van der Waals surface area contributed by atoms with Gasteiger partial charge in [0.2, 0.25) is 11.8 Å². The van der Waals surface area contributed by atoms with Gasteiger partial charge >= 0.3 is 0 Å². The van der Waals surface area contributed by atoms with Crippen molar-refractivity contribution in [1.29, 1.82) is 0 Å². The van der Waals surface area contributed by atoms with E-state index in [1.54, 1.807) is 37.3 Å². The molecule has 3 rings (SSSR count). The quantitative estimate of drug-likeness (QED) is 0.528. The smallest absolute Gasteiger partial charge is 0.290 e. The minimum absolute atomic E-state index is 0.0107. The Bertz CT molecular complexity index is 928. The van der Waals surface area contributed by atoms with E-state index in [0.29, 0.717) is 17.5 Å². The molecule has 0 fully saturated rings. The molecule has 0 radical (unpaired) electrons. The van der Waals surface area contributed by atoms with Gasteiger partial charge in [0.1, 0.15) is 0 Å². The number of amides is 1. The third-order valence-electron chi connectivity index (χ3n) is 3.44. The second-order valence-electron chi connectivity index (χ2n) is 5.32. The minimum atomic E-state index is -0.417. The molecule has 2 aromatic carbocycles. The molecule has 6 heteroatoms. The first-order valence-electron chi connectivity index (χ1n) is 7.95. The van der Waals surface area contributed by atoms with E-state index in [0.717, 1.165) is 11.1 Å². The summed E-state index contributed by atoms with van der Waals surface area (Å²) in [5.74, 6) is 0.453. The van der Waals surface area contributed by atoms with Crippen LogP contribution in [-0.4, -0.2) is 16.1 Å². The average molecular weight is 347 g/mol. The van der Waals surface area contributed by atoms with E-state index < -0.39 is 5.91 Å². The number of nitrogens with one attached hydrogen (secondary N) is 1. The van der Waals surface area contributed by atoms with E-state index in [2.05, 4.69) is 22.1 Å². The van der Waals surface area contributed by atoms with Gasteiger partial charge in [-0.3, -0.25) is 4.79 Å². The molecular weight excluding hydrogens is 330 g/mol. The number of ether oxygens (including phenoxy) is 1. The molecule has 0 aliphatic rings. The van der Waals surface area contributed by atoms with Crippen LogP contribution in [0.1, 0.15) is 6.92 Å². The number of carbonyl (C=O) groups is 1. The van der Waals surface area contributed by atoms with Crippen molar-refractivity contribution in [2.75, 3.05) is 5.32 Å². The molecule has 6 nitrogen and oxygen atoms in total. The fourth-order valence-electron chi connectivity index (χ4n) is 2.14. The maximum atomic E-state index is 11.9. The summed E-state index contributed by atoms with van der Waals surface area (Å²) >= 11 is 0. The molecule has 1 N–H and O–H groups in total. The van der Waals surface area contributed by atoms with Crippen LogP contribution < -0.4 is 5.32 Å². The van der Waals surface area contributed by atoms with E-state index in [1.807, 2.05) is 30.3 Å². The molecule has 0 unspecified atom stereocenters. The summed E-state index contributed by atoms with van der Waals surface area (Å²) in [5, 5.41) is 10.8. The van der Waals surface area contributed by atoms with Gasteiger partial charge in [0.15, 0.2) is 5.76 Å². The fourth-order valence-corrected chi connectivity index (χ4v) is 2.14. The number of rotatable bonds is 6. The number of hydrogen-bond acceptors (Lipinski definition) is 5. The van der Waals surface area contributed by atoms with Crippen LogP contribution in [0.4, 0.5) is 5.69 Å². The Morgan fingerprint density at radius 1 is 1.04 bits per heavy atom. The summed E-state index contributed by atoms with van der Waals surface area (Å²) in [6.07, 6.45) is 3.06. The van der Waals surface area contributed by atoms with E-state index in [9.17, 15) is 4.79 Å². The maximum Gasteiger partial charge on any atom is 0.290 e. The van der Waals surface area contributed by atoms with Crippen LogP contribution >= 0.6 is 0 Å². The van der Waals surface area contributed by atoms with Gasteiger partial charge in [0.25, 0.3) is 5.91 Å². The Kier molecular flexibility index (Phi) is 5.24. The number of aromatic nitrogens is 2. The Morgan fingerprint density at radius 2 is 1.65 bits per heavy atom. The number of hydrogen-bond donors (Lipinski definition) is 1. The zero-order chi connectivity index (χ0) is 18.4.